The Labute approximate surface area is 94.6 Å². The maximum absolute atomic E-state index is 11.1. The lowest BCUT2D eigenvalue weighted by atomic mass is 10.2. The molecule has 4 heteroatoms. The number of aromatic nitrogens is 1. The van der Waals surface area contributed by atoms with Crippen LogP contribution in [0.4, 0.5) is 0 Å². The van der Waals surface area contributed by atoms with Crippen LogP contribution in [0.1, 0.15) is 10.5 Å². The van der Waals surface area contributed by atoms with Crippen LogP contribution in [0.2, 0.25) is 0 Å². The molecule has 0 saturated heterocycles. The lowest BCUT2D eigenvalue weighted by Gasteiger charge is -1.98. The molecule has 1 aromatic carbocycles. The normalized spacial score (nSPS) is 10.8. The predicted molar refractivity (Wildman–Crippen MR) is 60.8 cm³/mol. The molecule has 0 saturated carbocycles. The van der Waals surface area contributed by atoms with E-state index in [-0.39, 0.29) is 0 Å². The highest BCUT2D eigenvalue weighted by Crippen LogP contribution is 2.23. The quantitative estimate of drug-likeness (QED) is 0.730. The molecule has 0 spiro atoms. The Kier molecular flexibility index (Phi) is 2.37. The molecule has 14 heavy (non-hydrogen) atoms. The zero-order valence-corrected chi connectivity index (χ0v) is 9.76. The maximum Gasteiger partial charge on any atom is 0.268 e. The van der Waals surface area contributed by atoms with Crippen LogP contribution in [0, 0.1) is 0 Å². The summed E-state index contributed by atoms with van der Waals surface area (Å²) in [5.74, 6) is 0. The first kappa shape index (κ1) is 9.74. The van der Waals surface area contributed by atoms with Crippen molar-refractivity contribution < 1.29 is 4.79 Å². The fourth-order valence-electron chi connectivity index (χ4n) is 1.51. The van der Waals surface area contributed by atoms with Crippen molar-refractivity contribution >= 4 is 43.7 Å². The minimum Gasteiger partial charge on any atom is -0.340 e. The maximum atomic E-state index is 11.1. The standard InChI is InChI=1S/C10H7BrClNO/c1-13-8-3-2-7(11)4-6(8)5-9(13)10(12)14/h2-5H,1H3. The van der Waals surface area contributed by atoms with Gasteiger partial charge in [-0.1, -0.05) is 15.9 Å². The van der Waals surface area contributed by atoms with Gasteiger partial charge in [-0.15, -0.1) is 0 Å². The van der Waals surface area contributed by atoms with Crippen LogP contribution in [0.15, 0.2) is 28.7 Å². The zero-order valence-electron chi connectivity index (χ0n) is 7.42. The second kappa shape index (κ2) is 3.41. The molecule has 1 heterocycles. The van der Waals surface area contributed by atoms with E-state index in [1.54, 1.807) is 10.6 Å². The second-order valence-corrected chi connectivity index (χ2v) is 4.32. The van der Waals surface area contributed by atoms with Crippen LogP contribution < -0.4 is 0 Å². The van der Waals surface area contributed by atoms with Crippen LogP contribution in [-0.2, 0) is 7.05 Å². The van der Waals surface area contributed by atoms with Gasteiger partial charge in [0.1, 0.15) is 5.69 Å². The van der Waals surface area contributed by atoms with Gasteiger partial charge < -0.3 is 4.57 Å². The fourth-order valence-corrected chi connectivity index (χ4v) is 2.07. The van der Waals surface area contributed by atoms with E-state index in [2.05, 4.69) is 15.9 Å². The van der Waals surface area contributed by atoms with Crippen molar-refractivity contribution in [2.24, 2.45) is 7.05 Å². The van der Waals surface area contributed by atoms with E-state index in [9.17, 15) is 4.79 Å². The van der Waals surface area contributed by atoms with E-state index in [1.165, 1.54) is 0 Å². The number of halogens is 2. The summed E-state index contributed by atoms with van der Waals surface area (Å²) in [5, 5.41) is 0.575. The molecule has 0 aliphatic carbocycles. The molecular formula is C10H7BrClNO. The van der Waals surface area contributed by atoms with E-state index in [0.717, 1.165) is 15.4 Å². The van der Waals surface area contributed by atoms with Gasteiger partial charge in [0.15, 0.2) is 0 Å². The van der Waals surface area contributed by atoms with Gasteiger partial charge in [-0.2, -0.15) is 0 Å². The molecule has 0 radical (unpaired) electrons. The van der Waals surface area contributed by atoms with E-state index in [0.29, 0.717) is 5.69 Å². The zero-order chi connectivity index (χ0) is 10.3. The lowest BCUT2D eigenvalue weighted by molar-refractivity contribution is 0.107. The largest absolute Gasteiger partial charge is 0.340 e. The summed E-state index contributed by atoms with van der Waals surface area (Å²) < 4.78 is 2.78. The number of carbonyl (C=O) groups excluding carboxylic acids is 1. The van der Waals surface area contributed by atoms with Crippen LogP contribution in [0.25, 0.3) is 10.9 Å². The molecule has 0 N–H and O–H groups in total. The number of aryl methyl sites for hydroxylation is 1. The van der Waals surface area contributed by atoms with Crippen molar-refractivity contribution in [2.75, 3.05) is 0 Å². The minimum absolute atomic E-state index is 0.431. The Balaban J connectivity index is 2.79. The number of carbonyl (C=O) groups is 1. The summed E-state index contributed by atoms with van der Waals surface area (Å²) in [6.07, 6.45) is 0. The third-order valence-corrected chi connectivity index (χ3v) is 2.89. The van der Waals surface area contributed by atoms with Gasteiger partial charge >= 0.3 is 0 Å². The number of hydrogen-bond acceptors (Lipinski definition) is 1. The Morgan fingerprint density at radius 3 is 2.79 bits per heavy atom. The van der Waals surface area contributed by atoms with E-state index >= 15 is 0 Å². The summed E-state index contributed by atoms with van der Waals surface area (Å²) in [5.41, 5.74) is 1.51. The first-order valence-corrected chi connectivity index (χ1v) is 5.21. The summed E-state index contributed by atoms with van der Waals surface area (Å²) in [6.45, 7) is 0. The number of rotatable bonds is 1. The Bertz CT molecular complexity index is 518. The Morgan fingerprint density at radius 2 is 2.14 bits per heavy atom. The van der Waals surface area contributed by atoms with Crippen molar-refractivity contribution in [3.63, 3.8) is 0 Å². The molecule has 0 bridgehead atoms. The van der Waals surface area contributed by atoms with Crippen molar-refractivity contribution in [3.05, 3.63) is 34.4 Å². The van der Waals surface area contributed by atoms with Crippen LogP contribution >= 0.6 is 27.5 Å². The van der Waals surface area contributed by atoms with Gasteiger partial charge in [0, 0.05) is 22.4 Å². The minimum atomic E-state index is -0.431. The number of nitrogens with zero attached hydrogens (tertiary/aromatic N) is 1. The molecule has 0 aliphatic rings. The van der Waals surface area contributed by atoms with Crippen LogP contribution in [-0.4, -0.2) is 9.81 Å². The molecule has 2 nitrogen and oxygen atoms in total. The highest BCUT2D eigenvalue weighted by atomic mass is 79.9. The van der Waals surface area contributed by atoms with E-state index in [1.807, 2.05) is 25.2 Å². The summed E-state index contributed by atoms with van der Waals surface area (Å²) in [7, 11) is 1.83. The van der Waals surface area contributed by atoms with Crippen LogP contribution in [0.5, 0.6) is 0 Å². The number of benzene rings is 1. The first-order chi connectivity index (χ1) is 6.59. The van der Waals surface area contributed by atoms with Crippen LogP contribution in [0.3, 0.4) is 0 Å². The average molecular weight is 273 g/mol. The van der Waals surface area contributed by atoms with Crippen molar-refractivity contribution in [1.29, 1.82) is 0 Å². The SMILES string of the molecule is Cn1c(C(=O)Cl)cc2cc(Br)ccc21. The third kappa shape index (κ3) is 1.47. The van der Waals surface area contributed by atoms with Crippen molar-refractivity contribution in [1.82, 2.24) is 4.57 Å². The third-order valence-electron chi connectivity index (χ3n) is 2.21. The smallest absolute Gasteiger partial charge is 0.268 e. The first-order valence-electron chi connectivity index (χ1n) is 4.04. The topological polar surface area (TPSA) is 22.0 Å². The average Bonchev–Trinajstić information content (AvgIpc) is 2.43. The predicted octanol–water partition coefficient (Wildman–Crippen LogP) is 3.32. The van der Waals surface area contributed by atoms with Gasteiger partial charge in [0.05, 0.1) is 0 Å². The monoisotopic (exact) mass is 271 g/mol. The summed E-state index contributed by atoms with van der Waals surface area (Å²) in [4.78, 5) is 11.1. The number of fused-ring (bicyclic) bond motifs is 1. The second-order valence-electron chi connectivity index (χ2n) is 3.07. The molecule has 0 atom stereocenters. The molecule has 2 rings (SSSR count). The Morgan fingerprint density at radius 1 is 1.43 bits per heavy atom. The highest BCUT2D eigenvalue weighted by molar-refractivity contribution is 9.10. The van der Waals surface area contributed by atoms with Gasteiger partial charge in [0.2, 0.25) is 0 Å². The van der Waals surface area contributed by atoms with Gasteiger partial charge in [-0.05, 0) is 35.9 Å². The molecule has 0 aliphatic heterocycles. The highest BCUT2D eigenvalue weighted by Gasteiger charge is 2.10. The summed E-state index contributed by atoms with van der Waals surface area (Å²) >= 11 is 8.82. The van der Waals surface area contributed by atoms with Gasteiger partial charge in [-0.3, -0.25) is 4.79 Å². The lowest BCUT2D eigenvalue weighted by Crippen LogP contribution is -1.98. The molecule has 72 valence electrons. The van der Waals surface area contributed by atoms with E-state index < -0.39 is 5.24 Å². The molecule has 2 aromatic rings. The fraction of sp³-hybridized carbons (Fsp3) is 0.100. The molecule has 1 aromatic heterocycles. The molecular weight excluding hydrogens is 265 g/mol. The Hall–Kier alpha value is -0.800. The van der Waals surface area contributed by atoms with E-state index in [4.69, 9.17) is 11.6 Å². The van der Waals surface area contributed by atoms with Gasteiger partial charge in [0.25, 0.3) is 5.24 Å². The molecule has 0 fully saturated rings. The summed E-state index contributed by atoms with van der Waals surface area (Å²) in [6, 6.07) is 7.63. The van der Waals surface area contributed by atoms with Crippen molar-refractivity contribution in [3.8, 4) is 0 Å². The number of hydrogen-bond donors (Lipinski definition) is 0. The molecule has 0 amide bonds. The van der Waals surface area contributed by atoms with Crippen molar-refractivity contribution in [2.45, 2.75) is 0 Å². The molecule has 0 unspecified atom stereocenters. The van der Waals surface area contributed by atoms with Gasteiger partial charge in [-0.25, -0.2) is 0 Å².